The average Bonchev–Trinajstić information content (AvgIpc) is 2.50. The van der Waals surface area contributed by atoms with E-state index in [1.807, 2.05) is 0 Å². The molecule has 0 atom stereocenters. The van der Waals surface area contributed by atoms with E-state index in [0.717, 1.165) is 44.2 Å². The van der Waals surface area contributed by atoms with Crippen LogP contribution in [-0.4, -0.2) is 41.0 Å². The Labute approximate surface area is 120 Å². The van der Waals surface area contributed by atoms with Crippen LogP contribution in [0.5, 0.6) is 0 Å². The fourth-order valence-corrected chi connectivity index (χ4v) is 2.46. The van der Waals surface area contributed by atoms with Gasteiger partial charge < -0.3 is 4.90 Å². The van der Waals surface area contributed by atoms with Crippen LogP contribution in [0.3, 0.4) is 0 Å². The summed E-state index contributed by atoms with van der Waals surface area (Å²) in [5.74, 6) is 0.816. The number of hydrogen-bond acceptors (Lipinski definition) is 4. The van der Waals surface area contributed by atoms with Crippen molar-refractivity contribution in [2.24, 2.45) is 0 Å². The Morgan fingerprint density at radius 1 is 0.950 bits per heavy atom. The first-order valence-corrected chi connectivity index (χ1v) is 6.96. The van der Waals surface area contributed by atoms with E-state index in [4.69, 9.17) is 0 Å². The van der Waals surface area contributed by atoms with Crippen molar-refractivity contribution >= 4 is 5.95 Å². The Morgan fingerprint density at radius 2 is 1.60 bits per heavy atom. The number of nitrogens with zero attached hydrogens (tertiary/aromatic N) is 4. The van der Waals surface area contributed by atoms with Crippen molar-refractivity contribution in [2.75, 3.05) is 31.1 Å². The molecule has 4 nitrogen and oxygen atoms in total. The molecule has 0 spiro atoms. The minimum Gasteiger partial charge on any atom is -0.338 e. The van der Waals surface area contributed by atoms with Gasteiger partial charge in [0.1, 0.15) is 0 Å². The summed E-state index contributed by atoms with van der Waals surface area (Å²) in [5.41, 5.74) is 2.23. The molecule has 2 aromatic rings. The summed E-state index contributed by atoms with van der Waals surface area (Å²) in [6.07, 6.45) is 3.55. The van der Waals surface area contributed by atoms with Crippen LogP contribution in [-0.2, 0) is 6.54 Å². The van der Waals surface area contributed by atoms with Gasteiger partial charge in [-0.25, -0.2) is 9.97 Å². The molecule has 20 heavy (non-hydrogen) atoms. The summed E-state index contributed by atoms with van der Waals surface area (Å²) < 4.78 is 0. The molecule has 0 amide bonds. The van der Waals surface area contributed by atoms with Gasteiger partial charge in [-0.3, -0.25) is 4.90 Å². The van der Waals surface area contributed by atoms with Crippen LogP contribution in [0.2, 0.25) is 0 Å². The molecule has 0 unspecified atom stereocenters. The van der Waals surface area contributed by atoms with Crippen molar-refractivity contribution in [1.82, 2.24) is 14.9 Å². The van der Waals surface area contributed by atoms with E-state index in [1.165, 1.54) is 5.56 Å². The second-order valence-electron chi connectivity index (χ2n) is 5.14. The number of aromatic nitrogens is 2. The van der Waals surface area contributed by atoms with Crippen molar-refractivity contribution in [3.8, 4) is 0 Å². The molecule has 0 N–H and O–H groups in total. The second kappa shape index (κ2) is 6.01. The Kier molecular flexibility index (Phi) is 3.92. The molecule has 0 saturated carbocycles. The maximum atomic E-state index is 4.34. The lowest BCUT2D eigenvalue weighted by atomic mass is 10.2. The highest BCUT2D eigenvalue weighted by atomic mass is 15.3. The molecular weight excluding hydrogens is 248 g/mol. The Morgan fingerprint density at radius 3 is 2.25 bits per heavy atom. The molecule has 1 aliphatic rings. The zero-order chi connectivity index (χ0) is 13.8. The summed E-state index contributed by atoms with van der Waals surface area (Å²) in [6.45, 7) is 8.88. The first-order chi connectivity index (χ1) is 9.81. The molecule has 4 heteroatoms. The number of benzene rings is 1. The summed E-state index contributed by atoms with van der Waals surface area (Å²) >= 11 is 0. The number of anilines is 1. The zero-order valence-electron chi connectivity index (χ0n) is 11.6. The minimum atomic E-state index is 0.816. The Hall–Kier alpha value is -1.94. The highest BCUT2D eigenvalue weighted by Gasteiger charge is 2.18. The highest BCUT2D eigenvalue weighted by molar-refractivity contribution is 5.31. The van der Waals surface area contributed by atoms with Gasteiger partial charge in [0.2, 0.25) is 5.95 Å². The van der Waals surface area contributed by atoms with Crippen molar-refractivity contribution in [2.45, 2.75) is 6.54 Å². The molecule has 3 rings (SSSR count). The molecule has 1 aliphatic heterocycles. The SMILES string of the molecule is [CH2]c1cnc(N2CCN(Cc3ccccc3)CC2)nc1. The molecule has 1 fully saturated rings. The predicted octanol–water partition coefficient (Wildman–Crippen LogP) is 1.98. The molecule has 1 aromatic carbocycles. The fraction of sp³-hybridized carbons (Fsp3) is 0.312. The van der Waals surface area contributed by atoms with Gasteiger partial charge in [-0.05, 0) is 18.1 Å². The smallest absolute Gasteiger partial charge is 0.225 e. The topological polar surface area (TPSA) is 32.3 Å². The Balaban J connectivity index is 1.55. The van der Waals surface area contributed by atoms with Crippen LogP contribution in [0, 0.1) is 6.92 Å². The van der Waals surface area contributed by atoms with Gasteiger partial charge in [-0.15, -0.1) is 0 Å². The minimum absolute atomic E-state index is 0.816. The third-order valence-electron chi connectivity index (χ3n) is 3.60. The first kappa shape index (κ1) is 13.1. The molecule has 1 radical (unpaired) electrons. The van der Waals surface area contributed by atoms with E-state index in [1.54, 1.807) is 12.4 Å². The third kappa shape index (κ3) is 3.14. The van der Waals surface area contributed by atoms with Gasteiger partial charge in [-0.1, -0.05) is 30.3 Å². The number of piperazine rings is 1. The lowest BCUT2D eigenvalue weighted by Crippen LogP contribution is -2.46. The van der Waals surface area contributed by atoms with Gasteiger partial charge in [-0.2, -0.15) is 0 Å². The van der Waals surface area contributed by atoms with Crippen LogP contribution in [0.15, 0.2) is 42.7 Å². The standard InChI is InChI=1S/C16H19N4/c1-14-11-17-16(18-12-14)20-9-7-19(8-10-20)13-15-5-3-2-4-6-15/h2-6,11-12H,1,7-10,13H2. The zero-order valence-corrected chi connectivity index (χ0v) is 11.6. The van der Waals surface area contributed by atoms with Crippen LogP contribution < -0.4 is 4.90 Å². The predicted molar refractivity (Wildman–Crippen MR) is 80.4 cm³/mol. The van der Waals surface area contributed by atoms with E-state index in [2.05, 4.69) is 57.0 Å². The number of rotatable bonds is 3. The number of hydrogen-bond donors (Lipinski definition) is 0. The molecule has 1 saturated heterocycles. The summed E-state index contributed by atoms with van der Waals surface area (Å²) in [4.78, 5) is 13.4. The molecular formula is C16H19N4. The monoisotopic (exact) mass is 267 g/mol. The lowest BCUT2D eigenvalue weighted by molar-refractivity contribution is 0.248. The largest absolute Gasteiger partial charge is 0.338 e. The summed E-state index contributed by atoms with van der Waals surface area (Å²) in [6, 6.07) is 10.6. The van der Waals surface area contributed by atoms with Crippen molar-refractivity contribution in [3.63, 3.8) is 0 Å². The molecule has 0 bridgehead atoms. The summed E-state index contributed by atoms with van der Waals surface area (Å²) in [7, 11) is 0. The van der Waals surface area contributed by atoms with Crippen molar-refractivity contribution in [1.29, 1.82) is 0 Å². The molecule has 0 aliphatic carbocycles. The maximum absolute atomic E-state index is 4.34. The maximum Gasteiger partial charge on any atom is 0.225 e. The van der Waals surface area contributed by atoms with E-state index in [9.17, 15) is 0 Å². The van der Waals surface area contributed by atoms with Gasteiger partial charge >= 0.3 is 0 Å². The Bertz CT molecular complexity index is 530. The van der Waals surface area contributed by atoms with Gasteiger partial charge in [0.15, 0.2) is 0 Å². The van der Waals surface area contributed by atoms with Crippen LogP contribution >= 0.6 is 0 Å². The summed E-state index contributed by atoms with van der Waals surface area (Å²) in [5, 5.41) is 0. The van der Waals surface area contributed by atoms with E-state index in [0.29, 0.717) is 0 Å². The highest BCUT2D eigenvalue weighted by Crippen LogP contribution is 2.12. The van der Waals surface area contributed by atoms with E-state index < -0.39 is 0 Å². The van der Waals surface area contributed by atoms with Gasteiger partial charge in [0, 0.05) is 45.1 Å². The second-order valence-corrected chi connectivity index (χ2v) is 5.14. The average molecular weight is 267 g/mol. The van der Waals surface area contributed by atoms with Crippen LogP contribution in [0.25, 0.3) is 0 Å². The fourth-order valence-electron chi connectivity index (χ4n) is 2.46. The molecule has 2 heterocycles. The lowest BCUT2D eigenvalue weighted by Gasteiger charge is -2.34. The first-order valence-electron chi connectivity index (χ1n) is 6.96. The van der Waals surface area contributed by atoms with Crippen molar-refractivity contribution in [3.05, 3.63) is 60.8 Å². The van der Waals surface area contributed by atoms with E-state index in [-0.39, 0.29) is 0 Å². The normalized spacial score (nSPS) is 16.4. The van der Waals surface area contributed by atoms with Crippen LogP contribution in [0.1, 0.15) is 11.1 Å². The third-order valence-corrected chi connectivity index (χ3v) is 3.60. The van der Waals surface area contributed by atoms with Crippen LogP contribution in [0.4, 0.5) is 5.95 Å². The van der Waals surface area contributed by atoms with Crippen molar-refractivity contribution < 1.29 is 0 Å². The quantitative estimate of drug-likeness (QED) is 0.851. The van der Waals surface area contributed by atoms with Gasteiger partial charge in [0.05, 0.1) is 0 Å². The van der Waals surface area contributed by atoms with E-state index >= 15 is 0 Å². The molecule has 1 aromatic heterocycles. The van der Waals surface area contributed by atoms with Gasteiger partial charge in [0.25, 0.3) is 0 Å². The molecule has 103 valence electrons.